The minimum atomic E-state index is -0.553. The summed E-state index contributed by atoms with van der Waals surface area (Å²) in [6.45, 7) is 5.06. The summed E-state index contributed by atoms with van der Waals surface area (Å²) in [7, 11) is 0. The summed E-state index contributed by atoms with van der Waals surface area (Å²) in [4.78, 5) is 30.9. The molecule has 1 saturated heterocycles. The molecule has 1 aromatic heterocycles. The lowest BCUT2D eigenvalue weighted by atomic mass is 10.3. The molecule has 150 valence electrons. The summed E-state index contributed by atoms with van der Waals surface area (Å²) in [5.41, 5.74) is 0.553. The molecule has 1 aromatic carbocycles. The molecular formula is C19H21ClN2O5S. The molecule has 1 fully saturated rings. The number of morpholine rings is 1. The number of amides is 1. The van der Waals surface area contributed by atoms with E-state index in [2.05, 4.69) is 4.98 Å². The Hall–Kier alpha value is -2.16. The van der Waals surface area contributed by atoms with Crippen LogP contribution in [-0.2, 0) is 20.9 Å². The predicted octanol–water partition coefficient (Wildman–Crippen LogP) is 3.09. The summed E-state index contributed by atoms with van der Waals surface area (Å²) in [6.07, 6.45) is -0.0136. The molecule has 1 amide bonds. The van der Waals surface area contributed by atoms with Crippen LogP contribution < -0.4 is 4.74 Å². The van der Waals surface area contributed by atoms with E-state index in [0.717, 1.165) is 0 Å². The van der Waals surface area contributed by atoms with Gasteiger partial charge in [0.05, 0.1) is 18.4 Å². The highest BCUT2D eigenvalue weighted by atomic mass is 35.5. The minimum absolute atomic E-state index is 0.0136. The second-order valence-corrected chi connectivity index (χ2v) is 7.88. The lowest BCUT2D eigenvalue weighted by Crippen LogP contribution is -2.46. The third kappa shape index (κ3) is 5.43. The van der Waals surface area contributed by atoms with Gasteiger partial charge in [-0.2, -0.15) is 0 Å². The van der Waals surface area contributed by atoms with E-state index in [-0.39, 0.29) is 25.2 Å². The zero-order chi connectivity index (χ0) is 20.1. The number of ether oxygens (including phenoxy) is 3. The van der Waals surface area contributed by atoms with Gasteiger partial charge in [0.2, 0.25) is 0 Å². The van der Waals surface area contributed by atoms with Crippen LogP contribution in [0, 0.1) is 6.92 Å². The van der Waals surface area contributed by atoms with Crippen molar-refractivity contribution in [2.45, 2.75) is 26.6 Å². The molecule has 0 N–H and O–H groups in total. The third-order valence-corrected chi connectivity index (χ3v) is 5.49. The molecule has 3 rings (SSSR count). The largest absolute Gasteiger partial charge is 0.486 e. The van der Waals surface area contributed by atoms with Crippen LogP contribution in [0.5, 0.6) is 5.75 Å². The molecule has 9 heteroatoms. The first-order valence-electron chi connectivity index (χ1n) is 8.83. The molecular weight excluding hydrogens is 404 g/mol. The Kier molecular flexibility index (Phi) is 6.88. The van der Waals surface area contributed by atoms with Crippen LogP contribution in [0.3, 0.4) is 0 Å². The first-order valence-corrected chi connectivity index (χ1v) is 10.0. The van der Waals surface area contributed by atoms with Gasteiger partial charge in [-0.25, -0.2) is 9.78 Å². The molecule has 1 atom stereocenters. The maximum absolute atomic E-state index is 12.3. The second-order valence-electron chi connectivity index (χ2n) is 6.36. The van der Waals surface area contributed by atoms with Crippen molar-refractivity contribution in [3.05, 3.63) is 44.9 Å². The van der Waals surface area contributed by atoms with Gasteiger partial charge >= 0.3 is 5.97 Å². The fraction of sp³-hybridized carbons (Fsp3) is 0.421. The number of halogens is 1. The van der Waals surface area contributed by atoms with Gasteiger partial charge < -0.3 is 19.1 Å². The molecule has 0 spiro atoms. The van der Waals surface area contributed by atoms with Crippen molar-refractivity contribution >= 4 is 34.8 Å². The normalized spacial score (nSPS) is 16.7. The summed E-state index contributed by atoms with van der Waals surface area (Å²) < 4.78 is 16.2. The van der Waals surface area contributed by atoms with Crippen LogP contribution in [0.1, 0.15) is 27.3 Å². The Morgan fingerprint density at radius 3 is 2.82 bits per heavy atom. The molecule has 0 radical (unpaired) electrons. The van der Waals surface area contributed by atoms with Crippen molar-refractivity contribution in [2.24, 2.45) is 0 Å². The molecule has 1 unspecified atom stereocenters. The van der Waals surface area contributed by atoms with Gasteiger partial charge in [0.1, 0.15) is 22.2 Å². The van der Waals surface area contributed by atoms with Gasteiger partial charge in [0, 0.05) is 18.1 Å². The highest BCUT2D eigenvalue weighted by Gasteiger charge is 2.24. The minimum Gasteiger partial charge on any atom is -0.486 e. The van der Waals surface area contributed by atoms with Crippen molar-refractivity contribution in [1.82, 2.24) is 9.88 Å². The SMILES string of the molecule is Cc1nc(COc2ccc(Cl)cc2)sc1C(=O)OCC(=O)N1CCOC(C)C1. The Labute approximate surface area is 172 Å². The number of carbonyl (C=O) groups excluding carboxylic acids is 2. The maximum Gasteiger partial charge on any atom is 0.350 e. The van der Waals surface area contributed by atoms with Gasteiger partial charge in [0.15, 0.2) is 6.61 Å². The Morgan fingerprint density at radius 1 is 1.36 bits per heavy atom. The molecule has 2 aromatic rings. The van der Waals surface area contributed by atoms with Crippen molar-refractivity contribution in [3.8, 4) is 5.75 Å². The fourth-order valence-corrected chi connectivity index (χ4v) is 3.71. The average molecular weight is 425 g/mol. The number of rotatable bonds is 6. The van der Waals surface area contributed by atoms with Gasteiger partial charge in [-0.05, 0) is 38.1 Å². The number of aromatic nitrogens is 1. The standard InChI is InChI=1S/C19H21ClN2O5S/c1-12-9-22(7-8-25-12)17(23)11-27-19(24)18-13(2)21-16(28-18)10-26-15-5-3-14(20)4-6-15/h3-6,12H,7-11H2,1-2H3. The van der Waals surface area contributed by atoms with E-state index in [9.17, 15) is 9.59 Å². The quantitative estimate of drug-likeness (QED) is 0.663. The van der Waals surface area contributed by atoms with Gasteiger partial charge in [-0.3, -0.25) is 4.79 Å². The number of benzene rings is 1. The summed E-state index contributed by atoms with van der Waals surface area (Å²) in [5.74, 6) is -0.119. The molecule has 7 nitrogen and oxygen atoms in total. The van der Waals surface area contributed by atoms with E-state index in [1.165, 1.54) is 11.3 Å². The number of hydrogen-bond donors (Lipinski definition) is 0. The first-order chi connectivity index (χ1) is 13.4. The highest BCUT2D eigenvalue weighted by Crippen LogP contribution is 2.22. The number of esters is 1. The number of thiazole rings is 1. The zero-order valence-electron chi connectivity index (χ0n) is 15.6. The van der Waals surface area contributed by atoms with Crippen molar-refractivity contribution in [3.63, 3.8) is 0 Å². The van der Waals surface area contributed by atoms with E-state index >= 15 is 0 Å². The van der Waals surface area contributed by atoms with Gasteiger partial charge in [-0.1, -0.05) is 11.6 Å². The Bertz CT molecular complexity index is 839. The number of hydrogen-bond acceptors (Lipinski definition) is 7. The molecule has 0 saturated carbocycles. The topological polar surface area (TPSA) is 78.0 Å². The van der Waals surface area contributed by atoms with E-state index in [1.54, 1.807) is 36.1 Å². The Morgan fingerprint density at radius 2 is 2.11 bits per heavy atom. The van der Waals surface area contributed by atoms with E-state index in [4.69, 9.17) is 25.8 Å². The maximum atomic E-state index is 12.3. The van der Waals surface area contributed by atoms with Crippen LogP contribution >= 0.6 is 22.9 Å². The van der Waals surface area contributed by atoms with Crippen LogP contribution in [0.25, 0.3) is 0 Å². The smallest absolute Gasteiger partial charge is 0.350 e. The Balaban J connectivity index is 1.52. The molecule has 2 heterocycles. The zero-order valence-corrected chi connectivity index (χ0v) is 17.2. The third-order valence-electron chi connectivity index (χ3n) is 4.12. The van der Waals surface area contributed by atoms with Crippen LogP contribution in [-0.4, -0.2) is 54.2 Å². The van der Waals surface area contributed by atoms with Crippen molar-refractivity contribution in [1.29, 1.82) is 0 Å². The first kappa shape index (κ1) is 20.6. The lowest BCUT2D eigenvalue weighted by Gasteiger charge is -2.30. The number of carbonyl (C=O) groups is 2. The summed E-state index contributed by atoms with van der Waals surface area (Å²) in [5, 5.41) is 1.27. The van der Waals surface area contributed by atoms with E-state index < -0.39 is 5.97 Å². The number of aryl methyl sites for hydroxylation is 1. The fourth-order valence-electron chi connectivity index (χ4n) is 2.71. The highest BCUT2D eigenvalue weighted by molar-refractivity contribution is 7.13. The lowest BCUT2D eigenvalue weighted by molar-refractivity contribution is -0.141. The molecule has 1 aliphatic heterocycles. The average Bonchev–Trinajstić information content (AvgIpc) is 3.06. The van der Waals surface area contributed by atoms with Crippen LogP contribution in [0.2, 0.25) is 5.02 Å². The molecule has 0 aliphatic carbocycles. The summed E-state index contributed by atoms with van der Waals surface area (Å²) >= 11 is 7.04. The van der Waals surface area contributed by atoms with Crippen molar-refractivity contribution < 1.29 is 23.8 Å². The van der Waals surface area contributed by atoms with E-state index in [1.807, 2.05) is 6.92 Å². The molecule has 0 bridgehead atoms. The number of nitrogens with zero attached hydrogens (tertiary/aromatic N) is 2. The summed E-state index contributed by atoms with van der Waals surface area (Å²) in [6, 6.07) is 6.99. The monoisotopic (exact) mass is 424 g/mol. The van der Waals surface area contributed by atoms with Gasteiger partial charge in [0.25, 0.3) is 5.91 Å². The van der Waals surface area contributed by atoms with Gasteiger partial charge in [-0.15, -0.1) is 11.3 Å². The van der Waals surface area contributed by atoms with Crippen LogP contribution in [0.15, 0.2) is 24.3 Å². The molecule has 1 aliphatic rings. The second kappa shape index (κ2) is 9.36. The van der Waals surface area contributed by atoms with Crippen molar-refractivity contribution in [2.75, 3.05) is 26.3 Å². The predicted molar refractivity (Wildman–Crippen MR) is 105 cm³/mol. The molecule has 28 heavy (non-hydrogen) atoms. The van der Waals surface area contributed by atoms with Crippen LogP contribution in [0.4, 0.5) is 0 Å². The van der Waals surface area contributed by atoms with E-state index in [0.29, 0.717) is 46.0 Å².